The van der Waals surface area contributed by atoms with Gasteiger partial charge in [0.1, 0.15) is 5.75 Å². The molecule has 0 saturated carbocycles. The fourth-order valence-corrected chi connectivity index (χ4v) is 3.65. The lowest BCUT2D eigenvalue weighted by molar-refractivity contribution is -0.115. The number of nitrogens with one attached hydrogen (secondary N) is 1. The number of benzene rings is 1. The Morgan fingerprint density at radius 3 is 2.52 bits per heavy atom. The molecule has 3 rings (SSSR count). The van der Waals surface area contributed by atoms with Gasteiger partial charge < -0.3 is 14.6 Å². The van der Waals surface area contributed by atoms with Crippen molar-refractivity contribution in [3.8, 4) is 17.1 Å². The fraction of sp³-hybridized carbons (Fsp3) is 0.333. The second-order valence-electron chi connectivity index (χ2n) is 6.40. The molecule has 3 aromatic rings. The number of hydrogen-bond donors (Lipinski definition) is 1. The molecule has 0 saturated heterocycles. The highest BCUT2D eigenvalue weighted by Crippen LogP contribution is 2.27. The normalized spacial score (nSPS) is 11.8. The van der Waals surface area contributed by atoms with Crippen LogP contribution in [0.25, 0.3) is 11.4 Å². The first-order valence-corrected chi connectivity index (χ1v) is 10.5. The van der Waals surface area contributed by atoms with Gasteiger partial charge in [0.25, 0.3) is 0 Å². The Morgan fingerprint density at radius 1 is 1.14 bits per heavy atom. The van der Waals surface area contributed by atoms with Crippen LogP contribution in [0, 0.1) is 0 Å². The molecule has 0 unspecified atom stereocenters. The summed E-state index contributed by atoms with van der Waals surface area (Å²) in [4.78, 5) is 16.7. The summed E-state index contributed by atoms with van der Waals surface area (Å²) in [6, 6.07) is 11.2. The summed E-state index contributed by atoms with van der Waals surface area (Å²) in [7, 11) is 0. The molecule has 2 heterocycles. The van der Waals surface area contributed by atoms with Crippen LogP contribution >= 0.6 is 11.8 Å². The van der Waals surface area contributed by atoms with Gasteiger partial charge in [-0.1, -0.05) is 18.7 Å². The number of anilines is 1. The Kier molecular flexibility index (Phi) is 7.24. The van der Waals surface area contributed by atoms with E-state index in [0.717, 1.165) is 40.9 Å². The van der Waals surface area contributed by atoms with Crippen molar-refractivity contribution >= 4 is 23.4 Å². The third-order valence-corrected chi connectivity index (χ3v) is 5.27. The SMILES string of the molecule is CCCn1c(S[C@H](C)C(=O)Nc2ccc(OCC)cc2)nnc1-c1ccncc1. The highest BCUT2D eigenvalue weighted by molar-refractivity contribution is 8.00. The smallest absolute Gasteiger partial charge is 0.237 e. The number of ether oxygens (including phenoxy) is 1. The molecule has 2 aromatic heterocycles. The molecule has 1 aromatic carbocycles. The van der Waals surface area contributed by atoms with Gasteiger partial charge in [-0.05, 0) is 56.7 Å². The van der Waals surface area contributed by atoms with Gasteiger partial charge in [-0.2, -0.15) is 0 Å². The molecule has 0 bridgehead atoms. The molecule has 1 N–H and O–H groups in total. The van der Waals surface area contributed by atoms with Crippen molar-refractivity contribution < 1.29 is 9.53 Å². The average Bonchev–Trinajstić information content (AvgIpc) is 3.13. The molecule has 0 aliphatic heterocycles. The highest BCUT2D eigenvalue weighted by Gasteiger charge is 2.20. The lowest BCUT2D eigenvalue weighted by Gasteiger charge is -2.13. The summed E-state index contributed by atoms with van der Waals surface area (Å²) in [6.07, 6.45) is 4.41. The largest absolute Gasteiger partial charge is 0.494 e. The summed E-state index contributed by atoms with van der Waals surface area (Å²) >= 11 is 1.40. The maximum Gasteiger partial charge on any atom is 0.237 e. The fourth-order valence-electron chi connectivity index (χ4n) is 2.77. The van der Waals surface area contributed by atoms with Crippen molar-refractivity contribution in [2.45, 2.75) is 44.1 Å². The predicted octanol–water partition coefficient (Wildman–Crippen LogP) is 4.27. The van der Waals surface area contributed by atoms with Crippen LogP contribution in [0.5, 0.6) is 5.75 Å². The quantitative estimate of drug-likeness (QED) is 0.530. The Hall–Kier alpha value is -2.87. The number of amides is 1. The number of nitrogens with zero attached hydrogens (tertiary/aromatic N) is 4. The van der Waals surface area contributed by atoms with E-state index in [1.165, 1.54) is 11.8 Å². The van der Waals surface area contributed by atoms with E-state index in [1.54, 1.807) is 12.4 Å². The third kappa shape index (κ3) is 5.35. The first-order chi connectivity index (χ1) is 14.1. The molecule has 0 radical (unpaired) electrons. The summed E-state index contributed by atoms with van der Waals surface area (Å²) in [5, 5.41) is 12.0. The van der Waals surface area contributed by atoms with E-state index in [0.29, 0.717) is 6.61 Å². The van der Waals surface area contributed by atoms with E-state index < -0.39 is 0 Å². The van der Waals surface area contributed by atoms with E-state index >= 15 is 0 Å². The second-order valence-corrected chi connectivity index (χ2v) is 7.71. The van der Waals surface area contributed by atoms with Crippen LogP contribution in [0.1, 0.15) is 27.2 Å². The summed E-state index contributed by atoms with van der Waals surface area (Å²) < 4.78 is 7.48. The molecular weight excluding hydrogens is 386 g/mol. The van der Waals surface area contributed by atoms with Crippen LogP contribution in [-0.4, -0.2) is 37.5 Å². The topological polar surface area (TPSA) is 81.9 Å². The lowest BCUT2D eigenvalue weighted by atomic mass is 10.2. The minimum atomic E-state index is -0.327. The standard InChI is InChI=1S/C21H25N5O2S/c1-4-14-26-19(16-10-12-22-13-11-16)24-25-21(26)29-15(3)20(27)23-17-6-8-18(9-7-17)28-5-2/h6-13,15H,4-5,14H2,1-3H3,(H,23,27)/t15-/m1/s1. The van der Waals surface area contributed by atoms with E-state index in [-0.39, 0.29) is 11.2 Å². The Labute approximate surface area is 174 Å². The molecule has 29 heavy (non-hydrogen) atoms. The molecule has 0 aliphatic carbocycles. The monoisotopic (exact) mass is 411 g/mol. The van der Waals surface area contributed by atoms with Gasteiger partial charge in [0.2, 0.25) is 5.91 Å². The van der Waals surface area contributed by atoms with Crippen molar-refractivity contribution in [1.29, 1.82) is 0 Å². The Bertz CT molecular complexity index is 928. The number of thioether (sulfide) groups is 1. The van der Waals surface area contributed by atoms with Gasteiger partial charge in [0, 0.05) is 30.2 Å². The molecule has 7 nitrogen and oxygen atoms in total. The van der Waals surface area contributed by atoms with Crippen molar-refractivity contribution in [2.24, 2.45) is 0 Å². The van der Waals surface area contributed by atoms with Crippen molar-refractivity contribution in [3.63, 3.8) is 0 Å². The zero-order valence-corrected chi connectivity index (χ0v) is 17.6. The Balaban J connectivity index is 1.70. The zero-order chi connectivity index (χ0) is 20.6. The van der Waals surface area contributed by atoms with Crippen LogP contribution in [0.15, 0.2) is 53.9 Å². The van der Waals surface area contributed by atoms with Crippen molar-refractivity contribution in [1.82, 2.24) is 19.7 Å². The van der Waals surface area contributed by atoms with E-state index in [9.17, 15) is 4.79 Å². The molecule has 0 fully saturated rings. The number of pyridine rings is 1. The number of hydrogen-bond acceptors (Lipinski definition) is 6. The first-order valence-electron chi connectivity index (χ1n) is 9.66. The number of carbonyl (C=O) groups is 1. The zero-order valence-electron chi connectivity index (χ0n) is 16.8. The maximum atomic E-state index is 12.6. The summed E-state index contributed by atoms with van der Waals surface area (Å²) in [5.74, 6) is 1.48. The molecule has 1 amide bonds. The van der Waals surface area contributed by atoms with Crippen LogP contribution in [0.2, 0.25) is 0 Å². The van der Waals surface area contributed by atoms with E-state index in [2.05, 4.69) is 32.0 Å². The molecule has 152 valence electrons. The van der Waals surface area contributed by atoms with Crippen LogP contribution in [0.3, 0.4) is 0 Å². The highest BCUT2D eigenvalue weighted by atomic mass is 32.2. The Morgan fingerprint density at radius 2 is 1.86 bits per heavy atom. The van der Waals surface area contributed by atoms with Crippen LogP contribution in [-0.2, 0) is 11.3 Å². The number of rotatable bonds is 9. The van der Waals surface area contributed by atoms with E-state index in [1.807, 2.05) is 50.2 Å². The first kappa shape index (κ1) is 20.9. The van der Waals surface area contributed by atoms with Gasteiger partial charge in [-0.25, -0.2) is 0 Å². The second kappa shape index (κ2) is 10.1. The summed E-state index contributed by atoms with van der Waals surface area (Å²) in [5.41, 5.74) is 1.69. The minimum Gasteiger partial charge on any atom is -0.494 e. The predicted molar refractivity (Wildman–Crippen MR) is 115 cm³/mol. The number of aromatic nitrogens is 4. The van der Waals surface area contributed by atoms with Crippen LogP contribution in [0.4, 0.5) is 5.69 Å². The van der Waals surface area contributed by atoms with Crippen molar-refractivity contribution in [2.75, 3.05) is 11.9 Å². The summed E-state index contributed by atoms with van der Waals surface area (Å²) in [6.45, 7) is 7.30. The third-order valence-electron chi connectivity index (χ3n) is 4.19. The van der Waals surface area contributed by atoms with Gasteiger partial charge in [0.15, 0.2) is 11.0 Å². The van der Waals surface area contributed by atoms with Crippen molar-refractivity contribution in [3.05, 3.63) is 48.8 Å². The molecular formula is C21H25N5O2S. The molecule has 0 spiro atoms. The van der Waals surface area contributed by atoms with Gasteiger partial charge in [0.05, 0.1) is 11.9 Å². The number of carbonyl (C=O) groups excluding carboxylic acids is 1. The van der Waals surface area contributed by atoms with Gasteiger partial charge in [-0.15, -0.1) is 10.2 Å². The van der Waals surface area contributed by atoms with Crippen LogP contribution < -0.4 is 10.1 Å². The van der Waals surface area contributed by atoms with E-state index in [4.69, 9.17) is 4.74 Å². The average molecular weight is 412 g/mol. The molecule has 0 aliphatic rings. The van der Waals surface area contributed by atoms with Gasteiger partial charge in [-0.3, -0.25) is 9.78 Å². The molecule has 1 atom stereocenters. The maximum absolute atomic E-state index is 12.6. The van der Waals surface area contributed by atoms with Gasteiger partial charge >= 0.3 is 0 Å². The minimum absolute atomic E-state index is 0.0873. The molecule has 8 heteroatoms. The lowest BCUT2D eigenvalue weighted by Crippen LogP contribution is -2.23.